The molecule has 1 aromatic heterocycles. The summed E-state index contributed by atoms with van der Waals surface area (Å²) in [7, 11) is 1.55. The molecule has 0 saturated heterocycles. The zero-order valence-electron chi connectivity index (χ0n) is 12.8. The van der Waals surface area contributed by atoms with E-state index in [2.05, 4.69) is 4.98 Å². The molecule has 1 amide bonds. The van der Waals surface area contributed by atoms with Crippen molar-refractivity contribution < 1.29 is 9.53 Å². The largest absolute Gasteiger partial charge is 0.495 e. The van der Waals surface area contributed by atoms with Crippen molar-refractivity contribution in [1.82, 2.24) is 9.88 Å². The Hall–Kier alpha value is -2.07. The smallest absolute Gasteiger partial charge is 0.254 e. The normalized spacial score (nSPS) is 10.3. The van der Waals surface area contributed by atoms with E-state index in [-0.39, 0.29) is 5.91 Å². The fourth-order valence-corrected chi connectivity index (χ4v) is 2.47. The number of rotatable bonds is 6. The summed E-state index contributed by atoms with van der Waals surface area (Å²) in [6, 6.07) is 8.93. The van der Waals surface area contributed by atoms with Crippen molar-refractivity contribution in [3.05, 3.63) is 58.9 Å². The van der Waals surface area contributed by atoms with E-state index >= 15 is 0 Å². The summed E-state index contributed by atoms with van der Waals surface area (Å²) in [5.74, 6) is 0.516. The maximum Gasteiger partial charge on any atom is 0.254 e. The fourth-order valence-electron chi connectivity index (χ4n) is 2.22. The van der Waals surface area contributed by atoms with Crippen molar-refractivity contribution in [3.63, 3.8) is 0 Å². The van der Waals surface area contributed by atoms with Crippen LogP contribution in [0.25, 0.3) is 0 Å². The Morgan fingerprint density at radius 3 is 2.77 bits per heavy atom. The number of nitrogens with zero attached hydrogens (tertiary/aromatic N) is 2. The molecule has 1 heterocycles. The van der Waals surface area contributed by atoms with Gasteiger partial charge in [-0.3, -0.25) is 9.78 Å². The molecular formula is C17H19ClN2O2. The van der Waals surface area contributed by atoms with E-state index in [4.69, 9.17) is 16.3 Å². The first-order chi connectivity index (χ1) is 10.7. The van der Waals surface area contributed by atoms with Crippen LogP contribution in [0.5, 0.6) is 5.75 Å². The lowest BCUT2D eigenvalue weighted by Crippen LogP contribution is -2.31. The number of hydrogen-bond acceptors (Lipinski definition) is 3. The molecule has 0 aliphatic carbocycles. The third-order valence-electron chi connectivity index (χ3n) is 3.28. The molecule has 5 heteroatoms. The van der Waals surface area contributed by atoms with Gasteiger partial charge in [-0.05, 0) is 36.2 Å². The topological polar surface area (TPSA) is 42.4 Å². The highest BCUT2D eigenvalue weighted by Gasteiger charge is 2.17. The molecule has 1 aromatic carbocycles. The van der Waals surface area contributed by atoms with Gasteiger partial charge in [0.05, 0.1) is 12.1 Å². The Morgan fingerprint density at radius 1 is 1.36 bits per heavy atom. The second-order valence-corrected chi connectivity index (χ2v) is 5.34. The van der Waals surface area contributed by atoms with Gasteiger partial charge in [-0.25, -0.2) is 0 Å². The fraction of sp³-hybridized carbons (Fsp3) is 0.294. The van der Waals surface area contributed by atoms with Crippen molar-refractivity contribution >= 4 is 17.5 Å². The van der Waals surface area contributed by atoms with Gasteiger partial charge in [0.15, 0.2) is 0 Å². The first-order valence-corrected chi connectivity index (χ1v) is 7.55. The number of pyridine rings is 1. The molecule has 0 unspecified atom stereocenters. The molecule has 2 rings (SSSR count). The van der Waals surface area contributed by atoms with Crippen molar-refractivity contribution in [2.75, 3.05) is 13.7 Å². The van der Waals surface area contributed by atoms with E-state index in [0.29, 0.717) is 29.4 Å². The van der Waals surface area contributed by atoms with Gasteiger partial charge in [-0.1, -0.05) is 24.6 Å². The Morgan fingerprint density at radius 2 is 2.18 bits per heavy atom. The highest BCUT2D eigenvalue weighted by atomic mass is 35.5. The first kappa shape index (κ1) is 16.3. The number of halogens is 1. The van der Waals surface area contributed by atoms with Crippen LogP contribution < -0.4 is 4.74 Å². The molecule has 22 heavy (non-hydrogen) atoms. The predicted molar refractivity (Wildman–Crippen MR) is 87.3 cm³/mol. The Kier molecular flexibility index (Phi) is 5.78. The number of methoxy groups -OCH3 is 1. The second-order valence-electron chi connectivity index (χ2n) is 4.94. The average molecular weight is 319 g/mol. The van der Waals surface area contributed by atoms with E-state index in [1.807, 2.05) is 19.1 Å². The zero-order valence-corrected chi connectivity index (χ0v) is 13.5. The molecule has 0 aliphatic rings. The average Bonchev–Trinajstić information content (AvgIpc) is 2.54. The van der Waals surface area contributed by atoms with E-state index in [9.17, 15) is 4.79 Å². The molecule has 0 radical (unpaired) electrons. The van der Waals surface area contributed by atoms with Gasteiger partial charge in [0.2, 0.25) is 0 Å². The number of amides is 1. The Balaban J connectivity index is 2.20. The SMILES string of the molecule is CCCN(Cc1cccnc1)C(=O)c1ccc(OC)c(Cl)c1. The monoisotopic (exact) mass is 318 g/mol. The van der Waals surface area contributed by atoms with Crippen LogP contribution >= 0.6 is 11.6 Å². The summed E-state index contributed by atoms with van der Waals surface area (Å²) in [5, 5.41) is 0.436. The maximum absolute atomic E-state index is 12.7. The second kappa shape index (κ2) is 7.80. The molecule has 4 nitrogen and oxygen atoms in total. The van der Waals surface area contributed by atoms with Gasteiger partial charge in [0, 0.05) is 31.0 Å². The number of ether oxygens (including phenoxy) is 1. The van der Waals surface area contributed by atoms with Gasteiger partial charge in [0.25, 0.3) is 5.91 Å². The first-order valence-electron chi connectivity index (χ1n) is 7.17. The minimum atomic E-state index is -0.0461. The maximum atomic E-state index is 12.7. The van der Waals surface area contributed by atoms with Gasteiger partial charge >= 0.3 is 0 Å². The highest BCUT2D eigenvalue weighted by Crippen LogP contribution is 2.25. The molecule has 0 bridgehead atoms. The van der Waals surface area contributed by atoms with Crippen molar-refractivity contribution in [1.29, 1.82) is 0 Å². The molecule has 0 fully saturated rings. The summed E-state index contributed by atoms with van der Waals surface area (Å²) in [6.07, 6.45) is 4.38. The summed E-state index contributed by atoms with van der Waals surface area (Å²) >= 11 is 6.11. The van der Waals surface area contributed by atoms with Crippen LogP contribution in [-0.2, 0) is 6.54 Å². The molecule has 116 valence electrons. The van der Waals surface area contributed by atoms with Crippen LogP contribution in [0.1, 0.15) is 29.3 Å². The molecule has 0 atom stereocenters. The summed E-state index contributed by atoms with van der Waals surface area (Å²) in [5.41, 5.74) is 1.56. The van der Waals surface area contributed by atoms with Crippen LogP contribution in [0, 0.1) is 0 Å². The lowest BCUT2D eigenvalue weighted by Gasteiger charge is -2.22. The van der Waals surface area contributed by atoms with Crippen LogP contribution in [0.4, 0.5) is 0 Å². The minimum absolute atomic E-state index is 0.0461. The van der Waals surface area contributed by atoms with Crippen molar-refractivity contribution in [2.24, 2.45) is 0 Å². The zero-order chi connectivity index (χ0) is 15.9. The quantitative estimate of drug-likeness (QED) is 0.813. The van der Waals surface area contributed by atoms with Crippen molar-refractivity contribution in [3.8, 4) is 5.75 Å². The predicted octanol–water partition coefficient (Wildman–Crippen LogP) is 3.80. The Bertz CT molecular complexity index is 632. The van der Waals surface area contributed by atoms with E-state index in [0.717, 1.165) is 12.0 Å². The van der Waals surface area contributed by atoms with Crippen LogP contribution in [0.3, 0.4) is 0 Å². The minimum Gasteiger partial charge on any atom is -0.495 e. The molecule has 0 spiro atoms. The molecule has 0 aliphatic heterocycles. The molecular weight excluding hydrogens is 300 g/mol. The van der Waals surface area contributed by atoms with Crippen LogP contribution in [0.15, 0.2) is 42.7 Å². The lowest BCUT2D eigenvalue weighted by molar-refractivity contribution is 0.0743. The number of carbonyl (C=O) groups is 1. The standard InChI is InChI=1S/C17H19ClN2O2/c1-3-9-20(12-13-5-4-8-19-11-13)17(21)14-6-7-16(22-2)15(18)10-14/h4-8,10-11H,3,9,12H2,1-2H3. The molecule has 0 saturated carbocycles. The highest BCUT2D eigenvalue weighted by molar-refractivity contribution is 6.32. The third-order valence-corrected chi connectivity index (χ3v) is 3.57. The van der Waals surface area contributed by atoms with Gasteiger partial charge in [-0.15, -0.1) is 0 Å². The summed E-state index contributed by atoms with van der Waals surface area (Å²) in [6.45, 7) is 3.26. The van der Waals surface area contributed by atoms with E-state index in [1.165, 1.54) is 0 Å². The summed E-state index contributed by atoms with van der Waals surface area (Å²) < 4.78 is 5.12. The number of hydrogen-bond donors (Lipinski definition) is 0. The summed E-state index contributed by atoms with van der Waals surface area (Å²) in [4.78, 5) is 18.6. The lowest BCUT2D eigenvalue weighted by atomic mass is 10.1. The Labute approximate surface area is 135 Å². The number of carbonyl (C=O) groups excluding carboxylic acids is 1. The van der Waals surface area contributed by atoms with Crippen LogP contribution in [-0.4, -0.2) is 29.4 Å². The third kappa shape index (κ3) is 3.98. The van der Waals surface area contributed by atoms with E-state index in [1.54, 1.807) is 42.6 Å². The van der Waals surface area contributed by atoms with Crippen LogP contribution in [0.2, 0.25) is 5.02 Å². The van der Waals surface area contributed by atoms with Gasteiger partial charge in [-0.2, -0.15) is 0 Å². The van der Waals surface area contributed by atoms with Gasteiger partial charge < -0.3 is 9.64 Å². The molecule has 0 N–H and O–H groups in total. The number of benzene rings is 1. The van der Waals surface area contributed by atoms with E-state index < -0.39 is 0 Å². The van der Waals surface area contributed by atoms with Crippen molar-refractivity contribution in [2.45, 2.75) is 19.9 Å². The molecule has 2 aromatic rings. The number of aromatic nitrogens is 1. The van der Waals surface area contributed by atoms with Gasteiger partial charge in [0.1, 0.15) is 5.75 Å².